The van der Waals surface area contributed by atoms with Gasteiger partial charge in [0.1, 0.15) is 28.3 Å². The predicted octanol–water partition coefficient (Wildman–Crippen LogP) is 2.51. The second-order valence-corrected chi connectivity index (χ2v) is 10.5. The molecule has 3 aromatic rings. The fourth-order valence-electron chi connectivity index (χ4n) is 3.51. The van der Waals surface area contributed by atoms with Gasteiger partial charge < -0.3 is 9.90 Å². The molecule has 0 fully saturated rings. The van der Waals surface area contributed by atoms with E-state index >= 15 is 0 Å². The van der Waals surface area contributed by atoms with Gasteiger partial charge in [0.25, 0.3) is 0 Å². The van der Waals surface area contributed by atoms with Crippen molar-refractivity contribution in [2.75, 3.05) is 0 Å². The Hall–Kier alpha value is -2.44. The Bertz CT molecular complexity index is 746. The molecule has 0 aliphatic heterocycles. The van der Waals surface area contributed by atoms with Crippen LogP contribution >= 0.6 is 7.26 Å². The van der Waals surface area contributed by atoms with Crippen molar-refractivity contribution in [2.24, 2.45) is 0 Å². The van der Waals surface area contributed by atoms with E-state index in [0.29, 0.717) is 0 Å². The van der Waals surface area contributed by atoms with E-state index in [9.17, 15) is 9.90 Å². The average Bonchev–Trinajstić information content (AvgIpc) is 2.65. The number of carbonyl (C=O) groups is 1. The first-order valence-corrected chi connectivity index (χ1v) is 10.1. The van der Waals surface area contributed by atoms with Crippen LogP contribution in [0.5, 0.6) is 0 Å². The highest BCUT2D eigenvalue weighted by Crippen LogP contribution is 2.65. The molecule has 0 N–H and O–H groups in total. The number of rotatable bonds is 5. The normalized spacial score (nSPS) is 11.9. The Morgan fingerprint density at radius 1 is 0.680 bits per heavy atom. The number of benzene rings is 3. The molecular weight excluding hydrogens is 327 g/mol. The molecule has 0 amide bonds. The predicted molar refractivity (Wildman–Crippen MR) is 104 cm³/mol. The summed E-state index contributed by atoms with van der Waals surface area (Å²) in [6.45, 7) is 3.59. The summed E-state index contributed by atoms with van der Waals surface area (Å²) in [5.74, 6) is -1.03. The molecule has 0 aromatic heterocycles. The molecule has 3 rings (SSSR count). The second-order valence-electron chi connectivity index (χ2n) is 6.52. The zero-order valence-corrected chi connectivity index (χ0v) is 15.3. The van der Waals surface area contributed by atoms with Gasteiger partial charge in [0.2, 0.25) is 0 Å². The molecule has 3 heteroatoms. The minimum atomic E-state index is -2.47. The van der Waals surface area contributed by atoms with Crippen molar-refractivity contribution in [2.45, 2.75) is 19.0 Å². The minimum Gasteiger partial charge on any atom is -0.546 e. The van der Waals surface area contributed by atoms with Crippen molar-refractivity contribution in [1.82, 2.24) is 0 Å². The zero-order valence-electron chi connectivity index (χ0n) is 14.4. The number of carbonyl (C=O) groups excluding carboxylic acids is 1. The minimum absolute atomic E-state index is 1.03. The molecule has 0 heterocycles. The maximum atomic E-state index is 12.3. The molecule has 0 saturated heterocycles. The molecule has 2 nitrogen and oxygen atoms in total. The van der Waals surface area contributed by atoms with Crippen LogP contribution in [0.4, 0.5) is 0 Å². The average molecular weight is 348 g/mol. The third-order valence-corrected chi connectivity index (χ3v) is 9.85. The highest BCUT2D eigenvalue weighted by atomic mass is 31.2. The number of carboxylic acids is 1. The first kappa shape index (κ1) is 17.4. The van der Waals surface area contributed by atoms with Gasteiger partial charge >= 0.3 is 0 Å². The van der Waals surface area contributed by atoms with Crippen LogP contribution < -0.4 is 21.0 Å². The molecule has 0 atom stereocenters. The number of carboxylic acid groups (broad SMARTS) is 1. The fraction of sp³-hybridized carbons (Fsp3) is 0.136. The maximum absolute atomic E-state index is 12.3. The molecule has 0 spiro atoms. The third-order valence-electron chi connectivity index (χ3n) is 4.77. The molecule has 126 valence electrons. The van der Waals surface area contributed by atoms with Crippen molar-refractivity contribution in [1.29, 1.82) is 0 Å². The Morgan fingerprint density at radius 2 is 0.960 bits per heavy atom. The first-order chi connectivity index (χ1) is 12.0. The highest BCUT2D eigenvalue weighted by Gasteiger charge is 2.58. The summed E-state index contributed by atoms with van der Waals surface area (Å²) >= 11 is 0. The standard InChI is InChI=1S/C22H21O2P/c1-22(2,21(23)24)25(18-12-6-3-7-13-18,19-14-8-4-9-15-19)20-16-10-5-11-17-20/h3-17H,1-2H3. The molecule has 3 aromatic carbocycles. The Balaban J connectivity index is 2.47. The van der Waals surface area contributed by atoms with Crippen molar-refractivity contribution in [3.8, 4) is 0 Å². The molecule has 0 aliphatic rings. The van der Waals surface area contributed by atoms with Crippen molar-refractivity contribution >= 4 is 29.1 Å². The van der Waals surface area contributed by atoms with Gasteiger partial charge in [-0.05, 0) is 50.2 Å². The Labute approximate surface area is 149 Å². The topological polar surface area (TPSA) is 40.1 Å². The van der Waals surface area contributed by atoms with Crippen LogP contribution in [-0.2, 0) is 4.79 Å². The van der Waals surface area contributed by atoms with E-state index in [1.54, 1.807) is 13.8 Å². The van der Waals surface area contributed by atoms with Crippen LogP contribution in [0, 0.1) is 0 Å². The van der Waals surface area contributed by atoms with Gasteiger partial charge in [0.15, 0.2) is 0 Å². The quantitative estimate of drug-likeness (QED) is 0.665. The van der Waals surface area contributed by atoms with E-state index in [-0.39, 0.29) is 0 Å². The van der Waals surface area contributed by atoms with Crippen LogP contribution in [0.3, 0.4) is 0 Å². The van der Waals surface area contributed by atoms with Gasteiger partial charge in [0.05, 0.1) is 5.97 Å². The number of hydrogen-bond donors (Lipinski definition) is 0. The summed E-state index contributed by atoms with van der Waals surface area (Å²) in [4.78, 5) is 12.3. The van der Waals surface area contributed by atoms with Crippen molar-refractivity contribution in [3.63, 3.8) is 0 Å². The molecule has 0 saturated carbocycles. The van der Waals surface area contributed by atoms with Gasteiger partial charge in [0, 0.05) is 0 Å². The zero-order chi connectivity index (χ0) is 17.9. The van der Waals surface area contributed by atoms with E-state index < -0.39 is 18.4 Å². The summed E-state index contributed by atoms with van der Waals surface area (Å²) in [5, 5.41) is 14.4. The summed E-state index contributed by atoms with van der Waals surface area (Å²) in [7, 11) is -2.47. The summed E-state index contributed by atoms with van der Waals surface area (Å²) in [6.07, 6.45) is 0. The van der Waals surface area contributed by atoms with Gasteiger partial charge in [-0.2, -0.15) is 0 Å². The van der Waals surface area contributed by atoms with E-state index in [1.165, 1.54) is 0 Å². The largest absolute Gasteiger partial charge is 0.546 e. The summed E-state index contributed by atoms with van der Waals surface area (Å²) < 4.78 is 0. The van der Waals surface area contributed by atoms with Crippen LogP contribution in [0.25, 0.3) is 0 Å². The summed E-state index contributed by atoms with van der Waals surface area (Å²) in [6, 6.07) is 30.0. The first-order valence-electron chi connectivity index (χ1n) is 8.28. The van der Waals surface area contributed by atoms with Crippen molar-refractivity contribution in [3.05, 3.63) is 91.0 Å². The number of aliphatic carboxylic acids is 1. The smallest absolute Gasteiger partial charge is 0.127 e. The third kappa shape index (κ3) is 2.77. The fourth-order valence-corrected chi connectivity index (χ4v) is 8.47. The summed E-state index contributed by atoms with van der Waals surface area (Å²) in [5.41, 5.74) is 0. The number of hydrogen-bond acceptors (Lipinski definition) is 2. The second kappa shape index (κ2) is 6.82. The van der Waals surface area contributed by atoms with Gasteiger partial charge in [-0.25, -0.2) is 0 Å². The van der Waals surface area contributed by atoms with E-state index in [1.807, 2.05) is 91.0 Å². The van der Waals surface area contributed by atoms with Crippen LogP contribution in [0.2, 0.25) is 0 Å². The Morgan fingerprint density at radius 3 is 1.20 bits per heavy atom. The lowest BCUT2D eigenvalue weighted by Gasteiger charge is -2.40. The lowest BCUT2D eigenvalue weighted by molar-refractivity contribution is -0.308. The van der Waals surface area contributed by atoms with E-state index in [0.717, 1.165) is 15.9 Å². The molecule has 0 unspecified atom stereocenters. The molecule has 0 bridgehead atoms. The van der Waals surface area contributed by atoms with E-state index in [2.05, 4.69) is 0 Å². The lowest BCUT2D eigenvalue weighted by Crippen LogP contribution is -2.53. The molecular formula is C22H21O2P. The van der Waals surface area contributed by atoms with Gasteiger partial charge in [-0.1, -0.05) is 54.6 Å². The van der Waals surface area contributed by atoms with Gasteiger partial charge in [-0.3, -0.25) is 0 Å². The van der Waals surface area contributed by atoms with Gasteiger partial charge in [-0.15, -0.1) is 0 Å². The van der Waals surface area contributed by atoms with Crippen LogP contribution in [-0.4, -0.2) is 11.1 Å². The molecule has 0 aliphatic carbocycles. The maximum Gasteiger partial charge on any atom is 0.127 e. The van der Waals surface area contributed by atoms with Crippen LogP contribution in [0.15, 0.2) is 91.0 Å². The van der Waals surface area contributed by atoms with Crippen LogP contribution in [0.1, 0.15) is 13.8 Å². The SMILES string of the molecule is CC(C)(C(=O)[O-])[P+](c1ccccc1)(c1ccccc1)c1ccccc1. The Kier molecular flexibility index (Phi) is 4.74. The lowest BCUT2D eigenvalue weighted by atomic mass is 10.2. The molecule has 25 heavy (non-hydrogen) atoms. The highest BCUT2D eigenvalue weighted by molar-refractivity contribution is 7.97. The monoisotopic (exact) mass is 348 g/mol. The van der Waals surface area contributed by atoms with Crippen molar-refractivity contribution < 1.29 is 9.90 Å². The van der Waals surface area contributed by atoms with E-state index in [4.69, 9.17) is 0 Å². The molecule has 0 radical (unpaired) electrons.